The second kappa shape index (κ2) is 4.93. The van der Waals surface area contributed by atoms with Gasteiger partial charge in [0.05, 0.1) is 18.4 Å². The van der Waals surface area contributed by atoms with Gasteiger partial charge in [-0.2, -0.15) is 5.10 Å². The van der Waals surface area contributed by atoms with Gasteiger partial charge in [0.15, 0.2) is 0 Å². The van der Waals surface area contributed by atoms with Crippen LogP contribution in [0.3, 0.4) is 0 Å². The van der Waals surface area contributed by atoms with E-state index in [9.17, 15) is 4.79 Å². The Morgan fingerprint density at radius 3 is 3.00 bits per heavy atom. The molecule has 2 aromatic heterocycles. The molecule has 100 valence electrons. The molecule has 1 aliphatic rings. The van der Waals surface area contributed by atoms with Gasteiger partial charge in [-0.1, -0.05) is 10.3 Å². The van der Waals surface area contributed by atoms with Gasteiger partial charge in [-0.05, 0) is 13.0 Å². The fraction of sp³-hybridized carbons (Fsp3) is 0.500. The summed E-state index contributed by atoms with van der Waals surface area (Å²) >= 11 is 0. The highest BCUT2D eigenvalue weighted by atomic mass is 16.6. The molecule has 7 nitrogen and oxygen atoms in total. The van der Waals surface area contributed by atoms with E-state index in [1.54, 1.807) is 23.0 Å². The molecule has 0 amide bonds. The average Bonchev–Trinajstić information content (AvgIpc) is 2.83. The lowest BCUT2D eigenvalue weighted by Gasteiger charge is -2.38. The van der Waals surface area contributed by atoms with Gasteiger partial charge in [-0.3, -0.25) is 9.69 Å². The molecule has 1 aliphatic heterocycles. The maximum absolute atomic E-state index is 11.6. The molecule has 0 unspecified atom stereocenters. The van der Waals surface area contributed by atoms with Gasteiger partial charge >= 0.3 is 0 Å². The Kier molecular flexibility index (Phi) is 3.12. The zero-order valence-corrected chi connectivity index (χ0v) is 10.7. The fourth-order valence-electron chi connectivity index (χ4n) is 2.33. The molecule has 7 heteroatoms. The first-order valence-electron chi connectivity index (χ1n) is 6.24. The molecular formula is C12H15N5O2. The number of aromatic nitrogens is 4. The number of aryl methyl sites for hydroxylation is 1. The minimum atomic E-state index is -0.0373. The van der Waals surface area contributed by atoms with Crippen LogP contribution in [0.5, 0.6) is 0 Å². The van der Waals surface area contributed by atoms with Crippen molar-refractivity contribution in [2.75, 3.05) is 13.1 Å². The van der Waals surface area contributed by atoms with E-state index in [0.29, 0.717) is 12.5 Å². The van der Waals surface area contributed by atoms with E-state index in [4.69, 9.17) is 0 Å². The van der Waals surface area contributed by atoms with Gasteiger partial charge in [0.25, 0.3) is 5.56 Å². The van der Waals surface area contributed by atoms with Gasteiger partial charge in [0, 0.05) is 31.6 Å². The molecule has 3 rings (SSSR count). The highest BCUT2D eigenvalue weighted by Crippen LogP contribution is 2.18. The molecule has 0 radical (unpaired) electrons. The van der Waals surface area contributed by atoms with E-state index in [1.165, 1.54) is 0 Å². The van der Waals surface area contributed by atoms with Crippen molar-refractivity contribution in [1.82, 2.24) is 25.0 Å². The van der Waals surface area contributed by atoms with Crippen LogP contribution in [0.15, 0.2) is 27.8 Å². The standard InChI is InChI=1S/C12H15N5O2/c1-9-2-3-12(18)17(14-9)7-10-5-16(6-10)8-11-4-13-19-15-11/h2-4,10H,5-8H2,1H3. The Morgan fingerprint density at radius 1 is 1.42 bits per heavy atom. The fourth-order valence-corrected chi connectivity index (χ4v) is 2.33. The van der Waals surface area contributed by atoms with Crippen LogP contribution in [-0.4, -0.2) is 38.1 Å². The van der Waals surface area contributed by atoms with Gasteiger partial charge in [0.1, 0.15) is 5.69 Å². The lowest BCUT2D eigenvalue weighted by atomic mass is 10.00. The minimum absolute atomic E-state index is 0.0373. The Morgan fingerprint density at radius 2 is 2.26 bits per heavy atom. The van der Waals surface area contributed by atoms with E-state index >= 15 is 0 Å². The summed E-state index contributed by atoms with van der Waals surface area (Å²) < 4.78 is 6.10. The highest BCUT2D eigenvalue weighted by molar-refractivity contribution is 4.98. The lowest BCUT2D eigenvalue weighted by molar-refractivity contribution is 0.0741. The normalized spacial score (nSPS) is 16.5. The van der Waals surface area contributed by atoms with Crippen molar-refractivity contribution in [1.29, 1.82) is 0 Å². The maximum atomic E-state index is 11.6. The molecule has 0 saturated carbocycles. The summed E-state index contributed by atoms with van der Waals surface area (Å²) in [7, 11) is 0. The zero-order chi connectivity index (χ0) is 13.2. The van der Waals surface area contributed by atoms with Crippen LogP contribution in [0.4, 0.5) is 0 Å². The van der Waals surface area contributed by atoms with E-state index in [1.807, 2.05) is 6.92 Å². The molecule has 0 spiro atoms. The summed E-state index contributed by atoms with van der Waals surface area (Å²) in [6.07, 6.45) is 1.62. The van der Waals surface area contributed by atoms with Crippen molar-refractivity contribution < 1.29 is 4.63 Å². The van der Waals surface area contributed by atoms with Gasteiger partial charge in [-0.15, -0.1) is 0 Å². The van der Waals surface area contributed by atoms with Crippen LogP contribution >= 0.6 is 0 Å². The molecule has 1 saturated heterocycles. The van der Waals surface area contributed by atoms with Crippen molar-refractivity contribution in [3.05, 3.63) is 40.1 Å². The Balaban J connectivity index is 1.54. The minimum Gasteiger partial charge on any atom is -0.297 e. The van der Waals surface area contributed by atoms with E-state index in [0.717, 1.165) is 31.0 Å². The summed E-state index contributed by atoms with van der Waals surface area (Å²) in [5, 5.41) is 11.6. The van der Waals surface area contributed by atoms with Crippen molar-refractivity contribution in [2.45, 2.75) is 20.0 Å². The first-order valence-corrected chi connectivity index (χ1v) is 6.24. The Hall–Kier alpha value is -2.02. The third-order valence-corrected chi connectivity index (χ3v) is 3.26. The van der Waals surface area contributed by atoms with Gasteiger partial charge in [-0.25, -0.2) is 9.31 Å². The average molecular weight is 261 g/mol. The second-order valence-electron chi connectivity index (χ2n) is 4.95. The van der Waals surface area contributed by atoms with Crippen molar-refractivity contribution >= 4 is 0 Å². The van der Waals surface area contributed by atoms with Crippen LogP contribution in [-0.2, 0) is 13.1 Å². The molecule has 0 aliphatic carbocycles. The number of rotatable bonds is 4. The third-order valence-electron chi connectivity index (χ3n) is 3.26. The van der Waals surface area contributed by atoms with E-state index in [2.05, 4.69) is 24.9 Å². The van der Waals surface area contributed by atoms with Crippen LogP contribution in [0.2, 0.25) is 0 Å². The van der Waals surface area contributed by atoms with Crippen molar-refractivity contribution in [2.24, 2.45) is 5.92 Å². The Labute approximate surface area is 109 Å². The molecule has 3 heterocycles. The number of hydrogen-bond acceptors (Lipinski definition) is 6. The first kappa shape index (κ1) is 12.0. The first-order chi connectivity index (χ1) is 9.20. The zero-order valence-electron chi connectivity index (χ0n) is 10.7. The molecule has 0 atom stereocenters. The molecule has 2 aromatic rings. The van der Waals surface area contributed by atoms with Gasteiger partial charge in [0.2, 0.25) is 0 Å². The quantitative estimate of drug-likeness (QED) is 0.775. The largest absolute Gasteiger partial charge is 0.297 e. The summed E-state index contributed by atoms with van der Waals surface area (Å²) in [4.78, 5) is 13.9. The van der Waals surface area contributed by atoms with Gasteiger partial charge < -0.3 is 0 Å². The van der Waals surface area contributed by atoms with Crippen molar-refractivity contribution in [3.8, 4) is 0 Å². The summed E-state index contributed by atoms with van der Waals surface area (Å²) in [6, 6.07) is 3.31. The van der Waals surface area contributed by atoms with Crippen LogP contribution in [0.1, 0.15) is 11.4 Å². The second-order valence-corrected chi connectivity index (χ2v) is 4.95. The van der Waals surface area contributed by atoms with E-state index < -0.39 is 0 Å². The molecular weight excluding hydrogens is 246 g/mol. The maximum Gasteiger partial charge on any atom is 0.266 e. The topological polar surface area (TPSA) is 77.0 Å². The van der Waals surface area contributed by atoms with E-state index in [-0.39, 0.29) is 5.56 Å². The molecule has 0 N–H and O–H groups in total. The van der Waals surface area contributed by atoms with Crippen molar-refractivity contribution in [3.63, 3.8) is 0 Å². The third kappa shape index (κ3) is 2.70. The monoisotopic (exact) mass is 261 g/mol. The number of hydrogen-bond donors (Lipinski definition) is 0. The van der Waals surface area contributed by atoms with Crippen LogP contribution < -0.4 is 5.56 Å². The highest BCUT2D eigenvalue weighted by Gasteiger charge is 2.28. The smallest absolute Gasteiger partial charge is 0.266 e. The van der Waals surface area contributed by atoms with Crippen LogP contribution in [0, 0.1) is 12.8 Å². The molecule has 0 aromatic carbocycles. The molecule has 1 fully saturated rings. The summed E-state index contributed by atoms with van der Waals surface area (Å²) in [5.41, 5.74) is 1.67. The number of likely N-dealkylation sites (tertiary alicyclic amines) is 1. The lowest BCUT2D eigenvalue weighted by Crippen LogP contribution is -2.48. The SMILES string of the molecule is Cc1ccc(=O)n(CC2CN(Cc3cnon3)C2)n1. The summed E-state index contributed by atoms with van der Waals surface area (Å²) in [5.74, 6) is 0.465. The molecule has 0 bridgehead atoms. The number of nitrogens with zero attached hydrogens (tertiary/aromatic N) is 5. The predicted octanol–water partition coefficient (Wildman–Crippen LogP) is 0.0667. The Bertz CT molecular complexity index is 601. The molecule has 19 heavy (non-hydrogen) atoms. The van der Waals surface area contributed by atoms with Crippen LogP contribution in [0.25, 0.3) is 0 Å². The summed E-state index contributed by atoms with van der Waals surface area (Å²) in [6.45, 7) is 5.19. The predicted molar refractivity (Wildman–Crippen MR) is 66.3 cm³/mol.